The molecule has 2 N–H and O–H groups in total. The van der Waals surface area contributed by atoms with E-state index < -0.39 is 0 Å². The molecule has 0 saturated carbocycles. The molecule has 0 unspecified atom stereocenters. The van der Waals surface area contributed by atoms with Crippen molar-refractivity contribution < 1.29 is 0 Å². The molecule has 1 aromatic carbocycles. The van der Waals surface area contributed by atoms with Crippen molar-refractivity contribution in [3.05, 3.63) is 29.3 Å². The zero-order chi connectivity index (χ0) is 14.5. The molecule has 0 atom stereocenters. The van der Waals surface area contributed by atoms with E-state index in [1.54, 1.807) is 0 Å². The van der Waals surface area contributed by atoms with E-state index in [1.807, 2.05) is 24.3 Å². The van der Waals surface area contributed by atoms with Crippen LogP contribution in [0.25, 0.3) is 0 Å². The number of nitrogens with one attached hydrogen (secondary N) is 2. The van der Waals surface area contributed by atoms with Gasteiger partial charge in [-0.3, -0.25) is 0 Å². The minimum atomic E-state index is 0.451. The first kappa shape index (κ1) is 15.5. The van der Waals surface area contributed by atoms with E-state index in [9.17, 15) is 0 Å². The second kappa shape index (κ2) is 7.25. The zero-order valence-electron chi connectivity index (χ0n) is 12.0. The molecule has 0 aromatic heterocycles. The molecule has 110 valence electrons. The maximum Gasteiger partial charge on any atom is 0.171 e. The van der Waals surface area contributed by atoms with Gasteiger partial charge in [-0.25, -0.2) is 0 Å². The highest BCUT2D eigenvalue weighted by atomic mass is 35.5. The minimum Gasteiger partial charge on any atom is -0.360 e. The quantitative estimate of drug-likeness (QED) is 0.836. The Morgan fingerprint density at radius 1 is 1.30 bits per heavy atom. The maximum atomic E-state index is 6.11. The summed E-state index contributed by atoms with van der Waals surface area (Å²) >= 11 is 11.5. The van der Waals surface area contributed by atoms with Crippen LogP contribution < -0.4 is 10.6 Å². The Bertz CT molecular complexity index is 456. The van der Waals surface area contributed by atoms with Gasteiger partial charge in [-0.05, 0) is 51.0 Å². The minimum absolute atomic E-state index is 0.451. The number of hydrogen-bond acceptors (Lipinski definition) is 2. The third-order valence-electron chi connectivity index (χ3n) is 3.72. The first-order valence-electron chi connectivity index (χ1n) is 7.12. The van der Waals surface area contributed by atoms with Crippen LogP contribution >= 0.6 is 23.8 Å². The second-order valence-corrected chi connectivity index (χ2v) is 6.30. The molecule has 0 amide bonds. The second-order valence-electron chi connectivity index (χ2n) is 5.48. The van der Waals surface area contributed by atoms with Gasteiger partial charge in [0.15, 0.2) is 5.11 Å². The SMILES string of the molecule is CC(C)N1CCC(NC(=S)Nc2ccccc2Cl)CC1. The van der Waals surface area contributed by atoms with Crippen LogP contribution in [-0.4, -0.2) is 35.2 Å². The van der Waals surface area contributed by atoms with Crippen LogP contribution in [-0.2, 0) is 0 Å². The summed E-state index contributed by atoms with van der Waals surface area (Å²) in [5.74, 6) is 0. The topological polar surface area (TPSA) is 27.3 Å². The molecule has 1 saturated heterocycles. The largest absolute Gasteiger partial charge is 0.360 e. The fraction of sp³-hybridized carbons (Fsp3) is 0.533. The van der Waals surface area contributed by atoms with Crippen molar-refractivity contribution in [3.63, 3.8) is 0 Å². The fourth-order valence-electron chi connectivity index (χ4n) is 2.47. The van der Waals surface area contributed by atoms with Crippen LogP contribution in [0.4, 0.5) is 5.69 Å². The third kappa shape index (κ3) is 4.33. The van der Waals surface area contributed by atoms with Gasteiger partial charge in [0.05, 0.1) is 10.7 Å². The Balaban J connectivity index is 1.80. The van der Waals surface area contributed by atoms with E-state index in [-0.39, 0.29) is 0 Å². The molecule has 0 aliphatic carbocycles. The number of para-hydroxylation sites is 1. The van der Waals surface area contributed by atoms with Crippen LogP contribution in [0.3, 0.4) is 0 Å². The van der Waals surface area contributed by atoms with Gasteiger partial charge in [0, 0.05) is 25.2 Å². The van der Waals surface area contributed by atoms with Crippen molar-refractivity contribution in [1.29, 1.82) is 0 Å². The Kier molecular flexibility index (Phi) is 5.64. The molecule has 0 bridgehead atoms. The molecule has 20 heavy (non-hydrogen) atoms. The Hall–Kier alpha value is -0.840. The molecule has 2 rings (SSSR count). The summed E-state index contributed by atoms with van der Waals surface area (Å²) in [5, 5.41) is 7.90. The Labute approximate surface area is 131 Å². The molecular weight excluding hydrogens is 290 g/mol. The van der Waals surface area contributed by atoms with E-state index in [2.05, 4.69) is 29.4 Å². The number of hydrogen-bond donors (Lipinski definition) is 2. The standard InChI is InChI=1S/C15H22ClN3S/c1-11(2)19-9-7-12(8-10-19)17-15(20)18-14-6-4-3-5-13(14)16/h3-6,11-12H,7-10H2,1-2H3,(H2,17,18,20). The summed E-state index contributed by atoms with van der Waals surface area (Å²) in [6, 6.07) is 8.71. The number of halogens is 1. The van der Waals surface area contributed by atoms with Gasteiger partial charge in [-0.2, -0.15) is 0 Å². The maximum absolute atomic E-state index is 6.11. The number of piperidine rings is 1. The number of anilines is 1. The van der Waals surface area contributed by atoms with Crippen LogP contribution in [0.1, 0.15) is 26.7 Å². The first-order chi connectivity index (χ1) is 9.56. The van der Waals surface area contributed by atoms with Gasteiger partial charge in [-0.15, -0.1) is 0 Å². The fourth-order valence-corrected chi connectivity index (χ4v) is 2.93. The molecule has 1 aliphatic heterocycles. The van der Waals surface area contributed by atoms with E-state index >= 15 is 0 Å². The summed E-state index contributed by atoms with van der Waals surface area (Å²) in [7, 11) is 0. The number of likely N-dealkylation sites (tertiary alicyclic amines) is 1. The highest BCUT2D eigenvalue weighted by molar-refractivity contribution is 7.80. The lowest BCUT2D eigenvalue weighted by atomic mass is 10.0. The van der Waals surface area contributed by atoms with Gasteiger partial charge in [0.2, 0.25) is 0 Å². The zero-order valence-corrected chi connectivity index (χ0v) is 13.6. The smallest absolute Gasteiger partial charge is 0.171 e. The predicted octanol–water partition coefficient (Wildman–Crippen LogP) is 3.50. The van der Waals surface area contributed by atoms with Crippen molar-refractivity contribution >= 4 is 34.6 Å². The first-order valence-corrected chi connectivity index (χ1v) is 7.91. The molecule has 1 fully saturated rings. The normalized spacial score (nSPS) is 17.2. The summed E-state index contributed by atoms with van der Waals surface area (Å²) < 4.78 is 0. The summed E-state index contributed by atoms with van der Waals surface area (Å²) in [4.78, 5) is 2.50. The Morgan fingerprint density at radius 3 is 2.55 bits per heavy atom. The van der Waals surface area contributed by atoms with E-state index in [4.69, 9.17) is 23.8 Å². The summed E-state index contributed by atoms with van der Waals surface area (Å²) in [6.07, 6.45) is 2.26. The lowest BCUT2D eigenvalue weighted by molar-refractivity contribution is 0.168. The van der Waals surface area contributed by atoms with Gasteiger partial charge in [0.1, 0.15) is 0 Å². The van der Waals surface area contributed by atoms with Crippen LogP contribution in [0.2, 0.25) is 5.02 Å². The average Bonchev–Trinajstić information content (AvgIpc) is 2.42. The molecule has 0 spiro atoms. The molecule has 5 heteroatoms. The molecule has 0 radical (unpaired) electrons. The van der Waals surface area contributed by atoms with Gasteiger partial charge in [-0.1, -0.05) is 23.7 Å². The van der Waals surface area contributed by atoms with Crippen LogP contribution in [0.15, 0.2) is 24.3 Å². The molecular formula is C15H22ClN3S. The van der Waals surface area contributed by atoms with Gasteiger partial charge >= 0.3 is 0 Å². The number of rotatable bonds is 3. The van der Waals surface area contributed by atoms with Crippen molar-refractivity contribution in [2.24, 2.45) is 0 Å². The van der Waals surface area contributed by atoms with Crippen molar-refractivity contribution in [3.8, 4) is 0 Å². The predicted molar refractivity (Wildman–Crippen MR) is 90.5 cm³/mol. The van der Waals surface area contributed by atoms with Crippen molar-refractivity contribution in [1.82, 2.24) is 10.2 Å². The molecule has 1 aromatic rings. The van der Waals surface area contributed by atoms with Crippen molar-refractivity contribution in [2.75, 3.05) is 18.4 Å². The average molecular weight is 312 g/mol. The van der Waals surface area contributed by atoms with Crippen LogP contribution in [0.5, 0.6) is 0 Å². The van der Waals surface area contributed by atoms with Gasteiger partial charge in [0.25, 0.3) is 0 Å². The van der Waals surface area contributed by atoms with E-state index in [0.717, 1.165) is 31.6 Å². The third-order valence-corrected chi connectivity index (χ3v) is 4.27. The number of nitrogens with zero attached hydrogens (tertiary/aromatic N) is 1. The van der Waals surface area contributed by atoms with Gasteiger partial charge < -0.3 is 15.5 Å². The summed E-state index contributed by atoms with van der Waals surface area (Å²) in [5.41, 5.74) is 0.853. The number of thiocarbonyl (C=S) groups is 1. The highest BCUT2D eigenvalue weighted by Crippen LogP contribution is 2.20. The van der Waals surface area contributed by atoms with Crippen LogP contribution in [0, 0.1) is 0 Å². The molecule has 1 heterocycles. The lowest BCUT2D eigenvalue weighted by Gasteiger charge is -2.35. The monoisotopic (exact) mass is 311 g/mol. The molecule has 1 aliphatic rings. The lowest BCUT2D eigenvalue weighted by Crippen LogP contribution is -2.47. The Morgan fingerprint density at radius 2 is 1.95 bits per heavy atom. The highest BCUT2D eigenvalue weighted by Gasteiger charge is 2.21. The van der Waals surface area contributed by atoms with E-state index in [0.29, 0.717) is 22.2 Å². The summed E-state index contributed by atoms with van der Waals surface area (Å²) in [6.45, 7) is 6.75. The molecule has 3 nitrogen and oxygen atoms in total. The number of benzene rings is 1. The van der Waals surface area contributed by atoms with E-state index in [1.165, 1.54) is 0 Å². The van der Waals surface area contributed by atoms with Crippen molar-refractivity contribution in [2.45, 2.75) is 38.8 Å².